The van der Waals surface area contributed by atoms with Crippen molar-refractivity contribution in [3.63, 3.8) is 0 Å². The maximum atomic E-state index is 4.63. The lowest BCUT2D eigenvalue weighted by atomic mass is 9.79. The van der Waals surface area contributed by atoms with Crippen LogP contribution in [-0.2, 0) is 12.8 Å². The molecular formula is C24H34N2. The molecule has 1 aliphatic rings. The van der Waals surface area contributed by atoms with Gasteiger partial charge >= 0.3 is 0 Å². The predicted molar refractivity (Wildman–Crippen MR) is 110 cm³/mol. The number of aryl methyl sites for hydroxylation is 2. The molecule has 0 aliphatic heterocycles. The average Bonchev–Trinajstić information content (AvgIpc) is 2.72. The van der Waals surface area contributed by atoms with Gasteiger partial charge in [-0.2, -0.15) is 0 Å². The Morgan fingerprint density at radius 1 is 0.808 bits per heavy atom. The zero-order valence-corrected chi connectivity index (χ0v) is 16.6. The summed E-state index contributed by atoms with van der Waals surface area (Å²) < 4.78 is 0. The van der Waals surface area contributed by atoms with Crippen LogP contribution in [0.15, 0.2) is 36.7 Å². The van der Waals surface area contributed by atoms with Crippen molar-refractivity contribution in [1.82, 2.24) is 9.97 Å². The number of rotatable bonds is 8. The SMILES string of the molecule is CCCCc1ccc(-c2cnc(CC[C@H]3CC[C@H](CC)CC3)nc2)cc1. The van der Waals surface area contributed by atoms with Crippen LogP contribution in [0.1, 0.15) is 76.6 Å². The second-order valence-electron chi connectivity index (χ2n) is 8.02. The second-order valence-corrected chi connectivity index (χ2v) is 8.02. The first-order valence-corrected chi connectivity index (χ1v) is 10.7. The maximum absolute atomic E-state index is 4.63. The maximum Gasteiger partial charge on any atom is 0.128 e. The quantitative estimate of drug-likeness (QED) is 0.533. The summed E-state index contributed by atoms with van der Waals surface area (Å²) in [6.07, 6.45) is 17.0. The van der Waals surface area contributed by atoms with Crippen molar-refractivity contribution < 1.29 is 0 Å². The molecule has 0 N–H and O–H groups in total. The van der Waals surface area contributed by atoms with Gasteiger partial charge in [0.2, 0.25) is 0 Å². The van der Waals surface area contributed by atoms with E-state index in [9.17, 15) is 0 Å². The predicted octanol–water partition coefficient (Wildman–Crippen LogP) is 6.64. The van der Waals surface area contributed by atoms with Gasteiger partial charge in [0, 0.05) is 24.4 Å². The summed E-state index contributed by atoms with van der Waals surface area (Å²) >= 11 is 0. The smallest absolute Gasteiger partial charge is 0.128 e. The topological polar surface area (TPSA) is 25.8 Å². The Bertz CT molecular complexity index is 637. The summed E-state index contributed by atoms with van der Waals surface area (Å²) in [5.41, 5.74) is 3.76. The third-order valence-corrected chi connectivity index (χ3v) is 6.13. The minimum absolute atomic E-state index is 0.886. The first kappa shape index (κ1) is 19.1. The molecule has 0 bridgehead atoms. The van der Waals surface area contributed by atoms with Crippen molar-refractivity contribution in [3.05, 3.63) is 48.0 Å². The standard InChI is InChI=1S/C24H34N2/c1-3-5-6-20-11-14-22(15-12-20)23-17-25-24(26-18-23)16-13-21-9-7-19(4-2)8-10-21/h11-12,14-15,17-19,21H,3-10,13,16H2,1-2H3/t19-,21-. The Balaban J connectivity index is 1.50. The van der Waals surface area contributed by atoms with Crippen molar-refractivity contribution in [2.45, 2.75) is 78.1 Å². The molecule has 1 aromatic heterocycles. The fourth-order valence-corrected chi connectivity index (χ4v) is 4.14. The van der Waals surface area contributed by atoms with Crippen LogP contribution in [0.5, 0.6) is 0 Å². The van der Waals surface area contributed by atoms with Crippen LogP contribution in [0.2, 0.25) is 0 Å². The summed E-state index contributed by atoms with van der Waals surface area (Å²) in [5, 5.41) is 0. The van der Waals surface area contributed by atoms with Gasteiger partial charge in [0.05, 0.1) is 0 Å². The number of benzene rings is 1. The number of hydrogen-bond donors (Lipinski definition) is 0. The Labute approximate surface area is 159 Å². The third kappa shape index (κ3) is 5.40. The number of hydrogen-bond acceptors (Lipinski definition) is 2. The molecule has 1 fully saturated rings. The first-order valence-electron chi connectivity index (χ1n) is 10.7. The molecule has 0 spiro atoms. The van der Waals surface area contributed by atoms with Gasteiger partial charge in [-0.05, 0) is 42.2 Å². The molecule has 1 heterocycles. The molecule has 0 saturated heterocycles. The molecule has 3 rings (SSSR count). The lowest BCUT2D eigenvalue weighted by Crippen LogP contribution is -2.15. The summed E-state index contributed by atoms with van der Waals surface area (Å²) in [5.74, 6) is 2.87. The summed E-state index contributed by atoms with van der Waals surface area (Å²) in [4.78, 5) is 9.26. The highest BCUT2D eigenvalue weighted by atomic mass is 14.9. The van der Waals surface area contributed by atoms with Crippen molar-refractivity contribution in [1.29, 1.82) is 0 Å². The van der Waals surface area contributed by atoms with Gasteiger partial charge in [-0.1, -0.05) is 76.6 Å². The fraction of sp³-hybridized carbons (Fsp3) is 0.583. The molecule has 1 aromatic carbocycles. The molecule has 1 saturated carbocycles. The molecular weight excluding hydrogens is 316 g/mol. The van der Waals surface area contributed by atoms with Gasteiger partial charge < -0.3 is 0 Å². The number of aromatic nitrogens is 2. The molecule has 140 valence electrons. The molecule has 0 amide bonds. The summed E-state index contributed by atoms with van der Waals surface area (Å²) in [7, 11) is 0. The molecule has 0 radical (unpaired) electrons. The van der Waals surface area contributed by atoms with Crippen LogP contribution in [0, 0.1) is 11.8 Å². The molecule has 26 heavy (non-hydrogen) atoms. The number of unbranched alkanes of at least 4 members (excludes halogenated alkanes) is 1. The van der Waals surface area contributed by atoms with E-state index in [1.54, 1.807) is 0 Å². The van der Waals surface area contributed by atoms with E-state index in [4.69, 9.17) is 0 Å². The van der Waals surface area contributed by atoms with Crippen molar-refractivity contribution in [2.75, 3.05) is 0 Å². The third-order valence-electron chi connectivity index (χ3n) is 6.13. The Morgan fingerprint density at radius 3 is 2.08 bits per heavy atom. The first-order chi connectivity index (χ1) is 12.8. The molecule has 2 nitrogen and oxygen atoms in total. The van der Waals surface area contributed by atoms with E-state index in [-0.39, 0.29) is 0 Å². The second kappa shape index (κ2) is 9.85. The van der Waals surface area contributed by atoms with Gasteiger partial charge in [-0.3, -0.25) is 0 Å². The average molecular weight is 351 g/mol. The Kier molecular flexibility index (Phi) is 7.22. The Hall–Kier alpha value is -1.70. The van der Waals surface area contributed by atoms with E-state index < -0.39 is 0 Å². The van der Waals surface area contributed by atoms with Gasteiger partial charge in [0.1, 0.15) is 5.82 Å². The number of nitrogens with zero attached hydrogens (tertiary/aromatic N) is 2. The van der Waals surface area contributed by atoms with Crippen molar-refractivity contribution in [2.24, 2.45) is 11.8 Å². The minimum Gasteiger partial charge on any atom is -0.241 e. The van der Waals surface area contributed by atoms with E-state index >= 15 is 0 Å². The van der Waals surface area contributed by atoms with E-state index in [0.29, 0.717) is 0 Å². The summed E-state index contributed by atoms with van der Waals surface area (Å²) in [6, 6.07) is 8.89. The van der Waals surface area contributed by atoms with Crippen LogP contribution in [-0.4, -0.2) is 9.97 Å². The largest absolute Gasteiger partial charge is 0.241 e. The van der Waals surface area contributed by atoms with Gasteiger partial charge in [-0.25, -0.2) is 9.97 Å². The zero-order valence-electron chi connectivity index (χ0n) is 16.6. The highest BCUT2D eigenvalue weighted by molar-refractivity contribution is 5.61. The lowest BCUT2D eigenvalue weighted by Gasteiger charge is -2.27. The fourth-order valence-electron chi connectivity index (χ4n) is 4.14. The van der Waals surface area contributed by atoms with Crippen LogP contribution in [0.4, 0.5) is 0 Å². The minimum atomic E-state index is 0.886. The van der Waals surface area contributed by atoms with E-state index in [1.165, 1.54) is 68.9 Å². The lowest BCUT2D eigenvalue weighted by molar-refractivity contribution is 0.258. The highest BCUT2D eigenvalue weighted by Gasteiger charge is 2.19. The normalized spacial score (nSPS) is 20.2. The van der Waals surface area contributed by atoms with Crippen LogP contribution >= 0.6 is 0 Å². The van der Waals surface area contributed by atoms with Crippen LogP contribution in [0.3, 0.4) is 0 Å². The van der Waals surface area contributed by atoms with Crippen molar-refractivity contribution in [3.8, 4) is 11.1 Å². The Morgan fingerprint density at radius 2 is 1.46 bits per heavy atom. The van der Waals surface area contributed by atoms with Gasteiger partial charge in [-0.15, -0.1) is 0 Å². The molecule has 0 atom stereocenters. The van der Waals surface area contributed by atoms with Gasteiger partial charge in [0.15, 0.2) is 0 Å². The molecule has 1 aliphatic carbocycles. The molecule has 0 unspecified atom stereocenters. The molecule has 2 aromatic rings. The highest BCUT2D eigenvalue weighted by Crippen LogP contribution is 2.32. The van der Waals surface area contributed by atoms with Crippen LogP contribution in [0.25, 0.3) is 11.1 Å². The van der Waals surface area contributed by atoms with E-state index in [0.717, 1.165) is 29.6 Å². The van der Waals surface area contributed by atoms with E-state index in [1.807, 2.05) is 12.4 Å². The van der Waals surface area contributed by atoms with Crippen LogP contribution < -0.4 is 0 Å². The van der Waals surface area contributed by atoms with E-state index in [2.05, 4.69) is 48.1 Å². The summed E-state index contributed by atoms with van der Waals surface area (Å²) in [6.45, 7) is 4.57. The monoisotopic (exact) mass is 350 g/mol. The zero-order chi connectivity index (χ0) is 18.2. The van der Waals surface area contributed by atoms with Gasteiger partial charge in [0.25, 0.3) is 0 Å². The molecule has 2 heteroatoms. The van der Waals surface area contributed by atoms with Crippen molar-refractivity contribution >= 4 is 0 Å².